The van der Waals surface area contributed by atoms with Gasteiger partial charge in [-0.2, -0.15) is 0 Å². The second-order valence-corrected chi connectivity index (χ2v) is 19.3. The van der Waals surface area contributed by atoms with Crippen LogP contribution in [0, 0.1) is 0 Å². The first kappa shape index (κ1) is 16.6. The molecular formula is C11H30O2Si3. The molecule has 0 aromatic carbocycles. The molecule has 98 valence electrons. The molecule has 0 saturated carbocycles. The highest BCUT2D eigenvalue weighted by molar-refractivity contribution is 6.85. The molecule has 5 heteroatoms. The van der Waals surface area contributed by atoms with Crippen LogP contribution in [0.1, 0.15) is 13.8 Å². The van der Waals surface area contributed by atoms with E-state index in [4.69, 9.17) is 8.85 Å². The molecule has 0 heterocycles. The lowest BCUT2D eigenvalue weighted by molar-refractivity contribution is 0.0559. The summed E-state index contributed by atoms with van der Waals surface area (Å²) in [6.45, 7) is 20.4. The second-order valence-electron chi connectivity index (χ2n) is 6.94. The Kier molecular flexibility index (Phi) is 5.67. The first-order valence-corrected chi connectivity index (χ1v) is 15.7. The van der Waals surface area contributed by atoms with Crippen LogP contribution in [0.4, 0.5) is 0 Å². The maximum atomic E-state index is 6.39. The van der Waals surface area contributed by atoms with Crippen molar-refractivity contribution in [3.63, 3.8) is 0 Å². The lowest BCUT2D eigenvalue weighted by Gasteiger charge is -2.43. The fourth-order valence-electron chi connectivity index (χ4n) is 1.44. The molecule has 0 N–H and O–H groups in total. The van der Waals surface area contributed by atoms with Gasteiger partial charge in [-0.3, -0.25) is 0 Å². The summed E-state index contributed by atoms with van der Waals surface area (Å²) in [5.74, 6) is 0. The van der Waals surface area contributed by atoms with Crippen molar-refractivity contribution >= 4 is 25.4 Å². The zero-order valence-electron chi connectivity index (χ0n) is 12.6. The fourth-order valence-corrected chi connectivity index (χ4v) is 9.89. The highest BCUT2D eigenvalue weighted by Crippen LogP contribution is 2.28. The molecule has 0 spiro atoms. The molecule has 0 bridgehead atoms. The molecule has 0 unspecified atom stereocenters. The quantitative estimate of drug-likeness (QED) is 0.693. The molecule has 0 fully saturated rings. The zero-order chi connectivity index (χ0) is 13.2. The maximum absolute atomic E-state index is 6.39. The van der Waals surface area contributed by atoms with Crippen molar-refractivity contribution in [2.45, 2.75) is 64.9 Å². The Bertz CT molecular complexity index is 220. The molecule has 0 aliphatic rings. The van der Waals surface area contributed by atoms with E-state index < -0.39 is 25.4 Å². The van der Waals surface area contributed by atoms with Crippen LogP contribution < -0.4 is 0 Å². The fraction of sp³-hybridized carbons (Fsp3) is 1.00. The normalized spacial score (nSPS) is 14.6. The number of hydrogen-bond acceptors (Lipinski definition) is 2. The van der Waals surface area contributed by atoms with Crippen LogP contribution in [0.15, 0.2) is 0 Å². The van der Waals surface area contributed by atoms with Crippen molar-refractivity contribution in [1.82, 2.24) is 0 Å². The smallest absolute Gasteiger partial charge is 0.205 e. The van der Waals surface area contributed by atoms with E-state index >= 15 is 0 Å². The van der Waals surface area contributed by atoms with E-state index in [9.17, 15) is 0 Å². The van der Waals surface area contributed by atoms with Crippen molar-refractivity contribution in [2.75, 3.05) is 6.23 Å². The molecule has 2 nitrogen and oxygen atoms in total. The van der Waals surface area contributed by atoms with E-state index in [2.05, 4.69) is 59.7 Å². The summed E-state index contributed by atoms with van der Waals surface area (Å²) in [5, 5.41) is -0.0788. The van der Waals surface area contributed by atoms with Crippen LogP contribution in [0.3, 0.4) is 0 Å². The van der Waals surface area contributed by atoms with Gasteiger partial charge in [-0.05, 0) is 46.6 Å². The van der Waals surface area contributed by atoms with E-state index in [0.29, 0.717) is 0 Å². The average Bonchev–Trinajstić information content (AvgIpc) is 1.95. The first-order chi connectivity index (χ1) is 6.87. The molecule has 16 heavy (non-hydrogen) atoms. The van der Waals surface area contributed by atoms with E-state index in [0.717, 1.165) is 6.23 Å². The van der Waals surface area contributed by atoms with Crippen molar-refractivity contribution in [3.05, 3.63) is 0 Å². The molecule has 0 aliphatic heterocycles. The van der Waals surface area contributed by atoms with Gasteiger partial charge in [-0.15, -0.1) is 0 Å². The maximum Gasteiger partial charge on any atom is 0.205 e. The highest BCUT2D eigenvalue weighted by atomic mass is 28.4. The molecule has 0 radical (unpaired) electrons. The number of rotatable bonds is 6. The standard InChI is InChI=1S/C11H30O2Si3/c1-11(2,12-10-14(3)4)16(8,9)13-15(5,6)7/h14H,10H2,1-9H3. The lowest BCUT2D eigenvalue weighted by Crippen LogP contribution is -2.59. The molecule has 0 saturated heterocycles. The summed E-state index contributed by atoms with van der Waals surface area (Å²) in [7, 11) is -3.88. The van der Waals surface area contributed by atoms with Crippen LogP contribution in [0.25, 0.3) is 0 Å². The first-order valence-electron chi connectivity index (χ1n) is 6.21. The third-order valence-corrected chi connectivity index (χ3v) is 11.2. The third-order valence-electron chi connectivity index (χ3n) is 2.79. The molecule has 0 amide bonds. The number of hydrogen-bond donors (Lipinski definition) is 0. The van der Waals surface area contributed by atoms with Gasteiger partial charge >= 0.3 is 0 Å². The Morgan fingerprint density at radius 1 is 1.00 bits per heavy atom. The summed E-state index contributed by atoms with van der Waals surface area (Å²) in [4.78, 5) is 0. The van der Waals surface area contributed by atoms with E-state index in [1.165, 1.54) is 0 Å². The van der Waals surface area contributed by atoms with Crippen LogP contribution in [-0.4, -0.2) is 36.9 Å². The predicted molar refractivity (Wildman–Crippen MR) is 80.8 cm³/mol. The lowest BCUT2D eigenvalue weighted by atomic mass is 10.5. The Morgan fingerprint density at radius 3 is 1.75 bits per heavy atom. The van der Waals surface area contributed by atoms with Crippen LogP contribution >= 0.6 is 0 Å². The minimum atomic E-state index is -1.77. The minimum Gasteiger partial charge on any atom is -0.454 e. The van der Waals surface area contributed by atoms with Crippen molar-refractivity contribution in [2.24, 2.45) is 0 Å². The van der Waals surface area contributed by atoms with Crippen molar-refractivity contribution in [1.29, 1.82) is 0 Å². The van der Waals surface area contributed by atoms with Gasteiger partial charge in [0, 0.05) is 6.23 Å². The Balaban J connectivity index is 4.57. The van der Waals surface area contributed by atoms with Gasteiger partial charge in [0.2, 0.25) is 8.32 Å². The van der Waals surface area contributed by atoms with Gasteiger partial charge in [0.1, 0.15) is 0 Å². The Labute approximate surface area is 106 Å². The Morgan fingerprint density at radius 2 is 1.44 bits per heavy atom. The second kappa shape index (κ2) is 5.48. The SMILES string of the molecule is C[SiH](C)COC(C)(C)[Si](C)(C)O[Si](C)(C)C. The average molecular weight is 279 g/mol. The molecule has 0 aliphatic carbocycles. The van der Waals surface area contributed by atoms with E-state index in [1.807, 2.05) is 0 Å². The summed E-state index contributed by atoms with van der Waals surface area (Å²) < 4.78 is 12.5. The largest absolute Gasteiger partial charge is 0.454 e. The molecule has 0 aromatic rings. The summed E-state index contributed by atoms with van der Waals surface area (Å²) in [6, 6.07) is 0. The summed E-state index contributed by atoms with van der Waals surface area (Å²) in [6.07, 6.45) is 0.957. The van der Waals surface area contributed by atoms with Crippen LogP contribution in [-0.2, 0) is 8.85 Å². The molecular weight excluding hydrogens is 248 g/mol. The molecule has 0 aromatic heterocycles. The predicted octanol–water partition coefficient (Wildman–Crippen LogP) is 3.40. The summed E-state index contributed by atoms with van der Waals surface area (Å²) >= 11 is 0. The van der Waals surface area contributed by atoms with Crippen LogP contribution in [0.2, 0.25) is 45.8 Å². The van der Waals surface area contributed by atoms with Crippen LogP contribution in [0.5, 0.6) is 0 Å². The van der Waals surface area contributed by atoms with Crippen molar-refractivity contribution in [3.8, 4) is 0 Å². The third kappa shape index (κ3) is 5.77. The minimum absolute atomic E-state index is 0.0788. The van der Waals surface area contributed by atoms with Gasteiger partial charge < -0.3 is 8.85 Å². The van der Waals surface area contributed by atoms with Gasteiger partial charge in [0.15, 0.2) is 8.32 Å². The van der Waals surface area contributed by atoms with Gasteiger partial charge in [0.25, 0.3) is 0 Å². The number of ether oxygens (including phenoxy) is 1. The van der Waals surface area contributed by atoms with Gasteiger partial charge in [-0.25, -0.2) is 0 Å². The molecule has 0 rings (SSSR count). The zero-order valence-corrected chi connectivity index (χ0v) is 15.8. The van der Waals surface area contributed by atoms with Gasteiger partial charge in [0.05, 0.1) is 14.0 Å². The van der Waals surface area contributed by atoms with Gasteiger partial charge in [-0.1, -0.05) is 13.1 Å². The van der Waals surface area contributed by atoms with E-state index in [-0.39, 0.29) is 5.22 Å². The monoisotopic (exact) mass is 278 g/mol. The van der Waals surface area contributed by atoms with E-state index in [1.54, 1.807) is 0 Å². The highest BCUT2D eigenvalue weighted by Gasteiger charge is 2.44. The molecule has 0 atom stereocenters. The van der Waals surface area contributed by atoms with Crippen molar-refractivity contribution < 1.29 is 8.85 Å². The topological polar surface area (TPSA) is 18.5 Å². The summed E-state index contributed by atoms with van der Waals surface area (Å²) in [5.41, 5.74) is 0. The Hall–Kier alpha value is 0.571.